The van der Waals surface area contributed by atoms with Gasteiger partial charge in [-0.15, -0.1) is 0 Å². The van der Waals surface area contributed by atoms with Crippen molar-refractivity contribution in [3.05, 3.63) is 35.1 Å². The molecule has 0 bridgehead atoms. The number of halogens is 1. The molecule has 2 aliphatic carbocycles. The smallest absolute Gasteiger partial charge is 0.328 e. The maximum Gasteiger partial charge on any atom is 0.328 e. The first-order chi connectivity index (χ1) is 10.1. The zero-order valence-electron chi connectivity index (χ0n) is 12.2. The third-order valence-corrected chi connectivity index (χ3v) is 5.00. The Hall–Kier alpha value is -1.42. The first-order valence-electron chi connectivity index (χ1n) is 7.92. The van der Waals surface area contributed by atoms with Gasteiger partial charge in [-0.2, -0.15) is 0 Å². The Labute approximate surface area is 124 Å². The minimum absolute atomic E-state index is 0.220. The predicted octanol–water partition coefficient (Wildman–Crippen LogP) is 3.36. The van der Waals surface area contributed by atoms with Gasteiger partial charge in [0.25, 0.3) is 0 Å². The molecular weight excluding hydrogens is 269 g/mol. The van der Waals surface area contributed by atoms with Crippen molar-refractivity contribution in [2.24, 2.45) is 0 Å². The molecule has 1 saturated carbocycles. The second-order valence-corrected chi connectivity index (χ2v) is 6.31. The van der Waals surface area contributed by atoms with Crippen molar-refractivity contribution in [3.8, 4) is 0 Å². The number of carboxylic acid groups (broad SMARTS) is 1. The van der Waals surface area contributed by atoms with Crippen molar-refractivity contribution >= 4 is 5.97 Å². The summed E-state index contributed by atoms with van der Waals surface area (Å²) >= 11 is 0. The standard InChI is InChI=1S/C17H22FNO2/c18-15-9-5-8-14-13(15)10-11-17(14,16(20)21)19-12-6-3-1-2-4-7-12/h5,8-9,12,19H,1-4,6-7,10-11H2,(H,20,21). The van der Waals surface area contributed by atoms with E-state index in [-0.39, 0.29) is 11.9 Å². The number of aliphatic carboxylic acids is 1. The minimum atomic E-state index is -1.10. The first kappa shape index (κ1) is 14.5. The van der Waals surface area contributed by atoms with Gasteiger partial charge >= 0.3 is 5.97 Å². The van der Waals surface area contributed by atoms with E-state index in [1.54, 1.807) is 12.1 Å². The van der Waals surface area contributed by atoms with Gasteiger partial charge in [0.05, 0.1) is 0 Å². The van der Waals surface area contributed by atoms with E-state index in [4.69, 9.17) is 0 Å². The van der Waals surface area contributed by atoms with Crippen LogP contribution in [0.5, 0.6) is 0 Å². The average Bonchev–Trinajstić information content (AvgIpc) is 2.66. The second-order valence-electron chi connectivity index (χ2n) is 6.31. The van der Waals surface area contributed by atoms with Crippen LogP contribution in [0, 0.1) is 5.82 Å². The summed E-state index contributed by atoms with van der Waals surface area (Å²) in [5, 5.41) is 13.2. The van der Waals surface area contributed by atoms with Crippen LogP contribution in [0.3, 0.4) is 0 Å². The highest BCUT2D eigenvalue weighted by molar-refractivity contribution is 5.82. The molecule has 2 N–H and O–H groups in total. The lowest BCUT2D eigenvalue weighted by molar-refractivity contribution is -0.145. The van der Waals surface area contributed by atoms with Gasteiger partial charge in [0.2, 0.25) is 0 Å². The van der Waals surface area contributed by atoms with E-state index in [0.717, 1.165) is 25.7 Å². The Balaban J connectivity index is 1.92. The molecule has 4 heteroatoms. The van der Waals surface area contributed by atoms with E-state index in [1.807, 2.05) is 0 Å². The van der Waals surface area contributed by atoms with Crippen LogP contribution >= 0.6 is 0 Å². The lowest BCUT2D eigenvalue weighted by atomic mass is 9.89. The normalized spacial score (nSPS) is 26.3. The van der Waals surface area contributed by atoms with Crippen LogP contribution in [-0.2, 0) is 16.8 Å². The van der Waals surface area contributed by atoms with Gasteiger partial charge < -0.3 is 5.11 Å². The molecule has 1 unspecified atom stereocenters. The highest BCUT2D eigenvalue weighted by Crippen LogP contribution is 2.39. The fraction of sp³-hybridized carbons (Fsp3) is 0.588. The number of nitrogens with one attached hydrogen (secondary N) is 1. The van der Waals surface area contributed by atoms with Crippen LogP contribution in [0.2, 0.25) is 0 Å². The number of hydrogen-bond donors (Lipinski definition) is 2. The quantitative estimate of drug-likeness (QED) is 0.840. The highest BCUT2D eigenvalue weighted by Gasteiger charge is 2.47. The summed E-state index contributed by atoms with van der Waals surface area (Å²) in [4.78, 5) is 12.0. The Kier molecular flexibility index (Phi) is 3.98. The SMILES string of the molecule is O=C(O)C1(NC2CCCCCC2)CCc2c(F)cccc21. The van der Waals surface area contributed by atoms with E-state index in [0.29, 0.717) is 24.0 Å². The largest absolute Gasteiger partial charge is 0.480 e. The van der Waals surface area contributed by atoms with Gasteiger partial charge in [0, 0.05) is 6.04 Å². The van der Waals surface area contributed by atoms with Crippen LogP contribution < -0.4 is 5.32 Å². The van der Waals surface area contributed by atoms with Crippen LogP contribution in [0.25, 0.3) is 0 Å². The number of benzene rings is 1. The zero-order chi connectivity index (χ0) is 14.9. The molecule has 0 aromatic heterocycles. The van der Waals surface area contributed by atoms with Crippen LogP contribution in [-0.4, -0.2) is 17.1 Å². The summed E-state index contributed by atoms with van der Waals surface area (Å²) in [6.07, 6.45) is 7.70. The van der Waals surface area contributed by atoms with Crippen molar-refractivity contribution in [3.63, 3.8) is 0 Å². The molecule has 1 atom stereocenters. The highest BCUT2D eigenvalue weighted by atomic mass is 19.1. The van der Waals surface area contributed by atoms with Crippen LogP contribution in [0.1, 0.15) is 56.1 Å². The fourth-order valence-corrected chi connectivity index (χ4v) is 3.87. The van der Waals surface area contributed by atoms with Gasteiger partial charge in [-0.05, 0) is 42.9 Å². The van der Waals surface area contributed by atoms with Gasteiger partial charge in [-0.3, -0.25) is 5.32 Å². The van der Waals surface area contributed by atoms with Gasteiger partial charge in [0.15, 0.2) is 0 Å². The van der Waals surface area contributed by atoms with Crippen molar-refractivity contribution in [1.82, 2.24) is 5.32 Å². The van der Waals surface area contributed by atoms with Crippen molar-refractivity contribution in [2.75, 3.05) is 0 Å². The molecule has 114 valence electrons. The number of fused-ring (bicyclic) bond motifs is 1. The predicted molar refractivity (Wildman–Crippen MR) is 78.7 cm³/mol. The molecule has 0 spiro atoms. The van der Waals surface area contributed by atoms with Crippen LogP contribution in [0.4, 0.5) is 4.39 Å². The molecule has 0 aliphatic heterocycles. The summed E-state index contributed by atoms with van der Waals surface area (Å²) < 4.78 is 13.9. The van der Waals surface area contributed by atoms with E-state index in [9.17, 15) is 14.3 Å². The monoisotopic (exact) mass is 291 g/mol. The molecule has 1 aromatic carbocycles. The van der Waals surface area contributed by atoms with Crippen LogP contribution in [0.15, 0.2) is 18.2 Å². The minimum Gasteiger partial charge on any atom is -0.480 e. The number of rotatable bonds is 3. The van der Waals surface area contributed by atoms with Gasteiger partial charge in [-0.25, -0.2) is 9.18 Å². The average molecular weight is 291 g/mol. The lowest BCUT2D eigenvalue weighted by Gasteiger charge is -2.32. The summed E-state index contributed by atoms with van der Waals surface area (Å²) in [6, 6.07) is 5.02. The maximum absolute atomic E-state index is 13.9. The second kappa shape index (κ2) is 5.76. The third-order valence-electron chi connectivity index (χ3n) is 5.00. The molecule has 1 fully saturated rings. The Morgan fingerprint density at radius 1 is 1.24 bits per heavy atom. The van der Waals surface area contributed by atoms with Gasteiger partial charge in [-0.1, -0.05) is 37.8 Å². The molecule has 0 heterocycles. The first-order valence-corrected chi connectivity index (χ1v) is 7.92. The molecular formula is C17H22FNO2. The topological polar surface area (TPSA) is 49.3 Å². The number of hydrogen-bond acceptors (Lipinski definition) is 2. The summed E-state index contributed by atoms with van der Waals surface area (Å²) in [5.41, 5.74) is 0.0900. The molecule has 1 aromatic rings. The summed E-state index contributed by atoms with van der Waals surface area (Å²) in [7, 11) is 0. The van der Waals surface area contributed by atoms with E-state index >= 15 is 0 Å². The van der Waals surface area contributed by atoms with Gasteiger partial charge in [0.1, 0.15) is 11.4 Å². The summed E-state index contributed by atoms with van der Waals surface area (Å²) in [5.74, 6) is -1.16. The number of carboxylic acids is 1. The third kappa shape index (κ3) is 2.57. The lowest BCUT2D eigenvalue weighted by Crippen LogP contribution is -2.52. The maximum atomic E-state index is 13.9. The molecule has 3 nitrogen and oxygen atoms in total. The molecule has 0 saturated heterocycles. The Morgan fingerprint density at radius 3 is 2.62 bits per heavy atom. The van der Waals surface area contributed by atoms with E-state index in [1.165, 1.54) is 18.9 Å². The number of carbonyl (C=O) groups is 1. The Morgan fingerprint density at radius 2 is 1.95 bits per heavy atom. The van der Waals surface area contributed by atoms with E-state index in [2.05, 4.69) is 5.32 Å². The molecule has 0 radical (unpaired) electrons. The van der Waals surface area contributed by atoms with Crippen molar-refractivity contribution < 1.29 is 14.3 Å². The van der Waals surface area contributed by atoms with Crippen molar-refractivity contribution in [2.45, 2.75) is 62.9 Å². The molecule has 3 rings (SSSR count). The molecule has 0 amide bonds. The summed E-state index contributed by atoms with van der Waals surface area (Å²) in [6.45, 7) is 0. The molecule has 21 heavy (non-hydrogen) atoms. The van der Waals surface area contributed by atoms with E-state index < -0.39 is 11.5 Å². The zero-order valence-corrected chi connectivity index (χ0v) is 12.2. The Bertz CT molecular complexity index is 538. The fourth-order valence-electron chi connectivity index (χ4n) is 3.87. The van der Waals surface area contributed by atoms with Crippen molar-refractivity contribution in [1.29, 1.82) is 0 Å². The molecule has 2 aliphatic rings.